The van der Waals surface area contributed by atoms with Crippen LogP contribution in [-0.2, 0) is 6.54 Å². The predicted molar refractivity (Wildman–Crippen MR) is 72.6 cm³/mol. The Balaban J connectivity index is 2.02. The summed E-state index contributed by atoms with van der Waals surface area (Å²) >= 11 is 0. The van der Waals surface area contributed by atoms with Crippen molar-refractivity contribution in [2.45, 2.75) is 32.4 Å². The molecule has 1 unspecified atom stereocenters. The van der Waals surface area contributed by atoms with Crippen LogP contribution in [0.4, 0.5) is 0 Å². The zero-order chi connectivity index (χ0) is 13.1. The van der Waals surface area contributed by atoms with Crippen LogP contribution in [0.25, 0.3) is 0 Å². The summed E-state index contributed by atoms with van der Waals surface area (Å²) in [6.07, 6.45) is 2.48. The Kier molecular flexibility index (Phi) is 4.19. The molecule has 1 atom stereocenters. The SMILES string of the molecule is Cc1ccc(O)c(CN2CCCC(N(C)C)C2)n1. The molecule has 2 heterocycles. The van der Waals surface area contributed by atoms with E-state index in [-0.39, 0.29) is 0 Å². The molecule has 100 valence electrons. The van der Waals surface area contributed by atoms with E-state index >= 15 is 0 Å². The van der Waals surface area contributed by atoms with Gasteiger partial charge in [0, 0.05) is 24.8 Å². The van der Waals surface area contributed by atoms with Gasteiger partial charge in [-0.05, 0) is 52.5 Å². The van der Waals surface area contributed by atoms with E-state index in [9.17, 15) is 5.11 Å². The van der Waals surface area contributed by atoms with Crippen LogP contribution in [0.3, 0.4) is 0 Å². The molecule has 0 radical (unpaired) electrons. The Morgan fingerprint density at radius 1 is 1.44 bits per heavy atom. The standard InChI is InChI=1S/C14H23N3O/c1-11-6-7-14(18)13(15-11)10-17-8-4-5-12(9-17)16(2)3/h6-7,12,18H,4-5,8-10H2,1-3H3. The highest BCUT2D eigenvalue weighted by molar-refractivity contribution is 5.27. The van der Waals surface area contributed by atoms with E-state index < -0.39 is 0 Å². The zero-order valence-corrected chi connectivity index (χ0v) is 11.6. The Hall–Kier alpha value is -1.13. The fourth-order valence-electron chi connectivity index (χ4n) is 2.53. The van der Waals surface area contributed by atoms with Crippen LogP contribution in [-0.4, -0.2) is 53.1 Å². The number of aryl methyl sites for hydroxylation is 1. The summed E-state index contributed by atoms with van der Waals surface area (Å²) in [6, 6.07) is 4.20. The topological polar surface area (TPSA) is 39.6 Å². The number of rotatable bonds is 3. The van der Waals surface area contributed by atoms with Crippen molar-refractivity contribution in [2.24, 2.45) is 0 Å². The second-order valence-electron chi connectivity index (χ2n) is 5.41. The predicted octanol–water partition coefficient (Wildman–Crippen LogP) is 1.62. The molecule has 0 spiro atoms. The molecule has 0 bridgehead atoms. The van der Waals surface area contributed by atoms with Gasteiger partial charge in [-0.1, -0.05) is 0 Å². The lowest BCUT2D eigenvalue weighted by atomic mass is 10.0. The van der Waals surface area contributed by atoms with Gasteiger partial charge in [0.2, 0.25) is 0 Å². The molecule has 0 amide bonds. The molecule has 4 heteroatoms. The van der Waals surface area contributed by atoms with Gasteiger partial charge >= 0.3 is 0 Å². The van der Waals surface area contributed by atoms with Gasteiger partial charge in [0.25, 0.3) is 0 Å². The fraction of sp³-hybridized carbons (Fsp3) is 0.643. The molecule has 1 aromatic heterocycles. The zero-order valence-electron chi connectivity index (χ0n) is 11.6. The maximum atomic E-state index is 9.84. The Morgan fingerprint density at radius 3 is 2.94 bits per heavy atom. The number of hydrogen-bond acceptors (Lipinski definition) is 4. The summed E-state index contributed by atoms with van der Waals surface area (Å²) in [6.45, 7) is 4.86. The van der Waals surface area contributed by atoms with E-state index in [0.29, 0.717) is 11.8 Å². The average molecular weight is 249 g/mol. The average Bonchev–Trinajstić information content (AvgIpc) is 2.34. The molecule has 1 fully saturated rings. The number of hydrogen-bond donors (Lipinski definition) is 1. The van der Waals surface area contributed by atoms with Gasteiger partial charge in [-0.3, -0.25) is 9.88 Å². The third-order valence-corrected chi connectivity index (χ3v) is 3.67. The van der Waals surface area contributed by atoms with Gasteiger partial charge < -0.3 is 10.0 Å². The normalized spacial score (nSPS) is 21.4. The van der Waals surface area contributed by atoms with E-state index in [2.05, 4.69) is 28.9 Å². The summed E-state index contributed by atoms with van der Waals surface area (Å²) < 4.78 is 0. The van der Waals surface area contributed by atoms with Gasteiger partial charge in [0.15, 0.2) is 0 Å². The minimum absolute atomic E-state index is 0.313. The molecule has 1 saturated heterocycles. The first-order valence-corrected chi connectivity index (χ1v) is 6.60. The van der Waals surface area contributed by atoms with Crippen LogP contribution in [0.1, 0.15) is 24.2 Å². The summed E-state index contributed by atoms with van der Waals surface area (Å²) in [7, 11) is 4.27. The Labute approximate surface area is 109 Å². The number of piperidine rings is 1. The Bertz CT molecular complexity index is 406. The van der Waals surface area contributed by atoms with Gasteiger partial charge in [-0.25, -0.2) is 0 Å². The fourth-order valence-corrected chi connectivity index (χ4v) is 2.53. The first kappa shape index (κ1) is 13.3. The lowest BCUT2D eigenvalue weighted by molar-refractivity contribution is 0.126. The van der Waals surface area contributed by atoms with Crippen LogP contribution in [0.15, 0.2) is 12.1 Å². The third kappa shape index (κ3) is 3.21. The maximum Gasteiger partial charge on any atom is 0.138 e. The van der Waals surface area contributed by atoms with Crippen LogP contribution >= 0.6 is 0 Å². The molecule has 18 heavy (non-hydrogen) atoms. The quantitative estimate of drug-likeness (QED) is 0.883. The van der Waals surface area contributed by atoms with Crippen molar-refractivity contribution in [2.75, 3.05) is 27.2 Å². The van der Waals surface area contributed by atoms with E-state index in [1.165, 1.54) is 12.8 Å². The van der Waals surface area contributed by atoms with Crippen LogP contribution in [0, 0.1) is 6.92 Å². The molecule has 0 saturated carbocycles. The first-order chi connectivity index (χ1) is 8.56. The second-order valence-corrected chi connectivity index (χ2v) is 5.41. The second kappa shape index (κ2) is 5.67. The van der Waals surface area contributed by atoms with Gasteiger partial charge in [0.05, 0.1) is 5.69 Å². The lowest BCUT2D eigenvalue weighted by Crippen LogP contribution is -2.44. The molecule has 1 aliphatic heterocycles. The molecule has 0 aliphatic carbocycles. The maximum absolute atomic E-state index is 9.84. The summed E-state index contributed by atoms with van der Waals surface area (Å²) in [5.74, 6) is 0.313. The monoisotopic (exact) mass is 249 g/mol. The smallest absolute Gasteiger partial charge is 0.138 e. The van der Waals surface area contributed by atoms with Crippen molar-refractivity contribution in [3.8, 4) is 5.75 Å². The van der Waals surface area contributed by atoms with E-state index in [0.717, 1.165) is 31.0 Å². The number of pyridine rings is 1. The van der Waals surface area contributed by atoms with E-state index in [1.54, 1.807) is 6.07 Å². The van der Waals surface area contributed by atoms with Crippen LogP contribution < -0.4 is 0 Å². The summed E-state index contributed by atoms with van der Waals surface area (Å²) in [5.41, 5.74) is 1.76. The minimum atomic E-state index is 0.313. The summed E-state index contributed by atoms with van der Waals surface area (Å²) in [5, 5.41) is 9.84. The third-order valence-electron chi connectivity index (χ3n) is 3.67. The van der Waals surface area contributed by atoms with E-state index in [4.69, 9.17) is 0 Å². The molecule has 1 N–H and O–H groups in total. The molecule has 0 aromatic carbocycles. The minimum Gasteiger partial charge on any atom is -0.506 e. The molecular formula is C14H23N3O. The van der Waals surface area contributed by atoms with Crippen molar-refractivity contribution in [3.63, 3.8) is 0 Å². The molecule has 4 nitrogen and oxygen atoms in total. The molecule has 2 rings (SSSR count). The van der Waals surface area contributed by atoms with Gasteiger partial charge in [-0.2, -0.15) is 0 Å². The van der Waals surface area contributed by atoms with Crippen LogP contribution in [0.5, 0.6) is 5.75 Å². The highest BCUT2D eigenvalue weighted by Crippen LogP contribution is 2.20. The van der Waals surface area contributed by atoms with Crippen molar-refractivity contribution in [1.29, 1.82) is 0 Å². The summed E-state index contributed by atoms with van der Waals surface area (Å²) in [4.78, 5) is 9.10. The molecular weight excluding hydrogens is 226 g/mol. The van der Waals surface area contributed by atoms with Crippen LogP contribution in [0.2, 0.25) is 0 Å². The first-order valence-electron chi connectivity index (χ1n) is 6.60. The number of likely N-dealkylation sites (N-methyl/N-ethyl adjacent to an activating group) is 1. The highest BCUT2D eigenvalue weighted by Gasteiger charge is 2.22. The van der Waals surface area contributed by atoms with Crippen molar-refractivity contribution >= 4 is 0 Å². The van der Waals surface area contributed by atoms with Gasteiger partial charge in [0.1, 0.15) is 5.75 Å². The van der Waals surface area contributed by atoms with Crippen molar-refractivity contribution in [1.82, 2.24) is 14.8 Å². The highest BCUT2D eigenvalue weighted by atomic mass is 16.3. The largest absolute Gasteiger partial charge is 0.506 e. The van der Waals surface area contributed by atoms with E-state index in [1.807, 2.05) is 13.0 Å². The number of aromatic hydroxyl groups is 1. The molecule has 1 aromatic rings. The number of aromatic nitrogens is 1. The van der Waals surface area contributed by atoms with Gasteiger partial charge in [-0.15, -0.1) is 0 Å². The molecule has 1 aliphatic rings. The number of likely N-dealkylation sites (tertiary alicyclic amines) is 1. The lowest BCUT2D eigenvalue weighted by Gasteiger charge is -2.36. The number of nitrogens with zero attached hydrogens (tertiary/aromatic N) is 3. The van der Waals surface area contributed by atoms with Crippen molar-refractivity contribution < 1.29 is 5.11 Å². The van der Waals surface area contributed by atoms with Crippen molar-refractivity contribution in [3.05, 3.63) is 23.5 Å². The Morgan fingerprint density at radius 2 is 2.22 bits per heavy atom.